The molecule has 4 saturated carbocycles. The number of piperazine rings is 1. The summed E-state index contributed by atoms with van der Waals surface area (Å²) in [5.74, 6) is 10.7. The van der Waals surface area contributed by atoms with E-state index in [1.807, 2.05) is 11.0 Å². The first-order chi connectivity index (χ1) is 51.7. The van der Waals surface area contributed by atoms with Gasteiger partial charge in [0.25, 0.3) is 0 Å². The van der Waals surface area contributed by atoms with Crippen LogP contribution < -0.4 is 52.8 Å². The number of amides is 1. The van der Waals surface area contributed by atoms with Crippen molar-refractivity contribution in [1.82, 2.24) is 94.9 Å². The van der Waals surface area contributed by atoms with E-state index >= 15 is 0 Å². The van der Waals surface area contributed by atoms with E-state index in [1.165, 1.54) is 57.1 Å². The maximum atomic E-state index is 11.5. The van der Waals surface area contributed by atoms with Gasteiger partial charge in [0.05, 0.1) is 60.3 Å². The van der Waals surface area contributed by atoms with Crippen molar-refractivity contribution in [3.8, 4) is 45.0 Å². The average Bonchev–Trinajstić information content (AvgIpc) is 1.56. The van der Waals surface area contributed by atoms with Crippen LogP contribution in [0.1, 0.15) is 126 Å². The summed E-state index contributed by atoms with van der Waals surface area (Å²) in [5, 5.41) is 3.74. The van der Waals surface area contributed by atoms with Gasteiger partial charge < -0.3 is 67.1 Å². The summed E-state index contributed by atoms with van der Waals surface area (Å²) in [5.41, 5.74) is 31.8. The SMILES string of the molecule is CC(=O)N1CC2C(C1)C2c1cc(-c2cnc(N)nc2)nc(C2CC2)n1.CC1CN(c2nc(-c3cnc(N)nc3)cc(N3C[C@@H]4C[C@H]3CO4)n2)C1.Nc1ncc(-c2cc(C3CC4CCC(C3)N4)nc(N3CC4CC3C4)n2)cn1.Nc1ncc(-c2cc(N3C[C@@H]4C[C@H]3CO4)nc(N3CCN(C4CC4)CC3)n2)cn1. The van der Waals surface area contributed by atoms with E-state index in [0.29, 0.717) is 83.9 Å². The number of carbonyl (C=O) groups excluding carboxylic acids is 1. The Morgan fingerprint density at radius 2 is 0.925 bits per heavy atom. The standard InChI is InChI=1S/C20H26N8O.C20H25N7.C18H20N6O.C17H21N7O/c21-19-22-9-13(10-23-19)17-8-18(28-11-16-7-15(28)12-29-16)25-20(24-17)27-5-3-26(4-6-27)14-1-2-14;21-19-22-8-13(9-23-19)18-7-17(12-5-14-1-2-15(6-12)24-14)25-20(26-18)27-10-11-3-16(27)4-11;1-9(25)24-7-12-13(8-24)16(12)15-4-14(11-5-20-18(19)21-6-11)22-17(23-15)10-2-3-10;1-10-6-23(7-10)17-21-14(11-4-19-16(18)20-5-11)3-15(22-17)24-8-13-2-12(24)9-25-13/h8-10,14-16H,1-7,11-12H2,(H2,21,22,23);7-9,11-12,14-16,24H,1-6,10H2,(H2,21,22,23);4-6,10,12-13,16H,2-3,7-8H2,1H3,(H2,19,20,21);3-5,10,12-13H,2,6-9H2,1H3,(H2,18,19,20)/t15-,16-;;;12-,13-/m0..0/s1. The van der Waals surface area contributed by atoms with Crippen LogP contribution in [-0.2, 0) is 14.3 Å². The maximum absolute atomic E-state index is 11.5. The van der Waals surface area contributed by atoms with E-state index in [2.05, 4.69) is 99.7 Å². The second kappa shape index (κ2) is 27.5. The summed E-state index contributed by atoms with van der Waals surface area (Å²) in [4.78, 5) is 99.9. The van der Waals surface area contributed by atoms with Gasteiger partial charge in [0.2, 0.25) is 47.5 Å². The Labute approximate surface area is 615 Å². The van der Waals surface area contributed by atoms with E-state index in [1.54, 1.807) is 56.5 Å². The van der Waals surface area contributed by atoms with Gasteiger partial charge in [-0.15, -0.1) is 0 Å². The normalized spacial score (nSPS) is 28.5. The number of ether oxygens (including phenoxy) is 2. The second-order valence-electron chi connectivity index (χ2n) is 31.9. The number of piperidine rings is 2. The third-order valence-corrected chi connectivity index (χ3v) is 24.3. The number of nitrogen functional groups attached to an aromatic ring is 4. The molecule has 15 fully saturated rings. The molecule has 8 atom stereocenters. The number of nitrogens with zero attached hydrogens (tertiary/aromatic N) is 23. The number of rotatable bonds is 13. The summed E-state index contributed by atoms with van der Waals surface area (Å²) in [6.07, 6.45) is 29.3. The molecule has 9 N–H and O–H groups in total. The highest BCUT2D eigenvalue weighted by Crippen LogP contribution is 2.58. The third-order valence-electron chi connectivity index (χ3n) is 24.3. The molecule has 31 nitrogen and oxygen atoms in total. The Hall–Kier alpha value is -9.85. The lowest BCUT2D eigenvalue weighted by molar-refractivity contribution is -0.128. The molecular formula is C75H92N28O3. The maximum Gasteiger partial charge on any atom is 0.227 e. The highest BCUT2D eigenvalue weighted by atomic mass is 16.5. The molecular weight excluding hydrogens is 1340 g/mol. The fraction of sp³-hybridized carbons (Fsp3) is 0.560. The van der Waals surface area contributed by atoms with Crippen LogP contribution in [0.2, 0.25) is 0 Å². The van der Waals surface area contributed by atoms with Crippen molar-refractivity contribution in [3.05, 3.63) is 91.1 Å². The monoisotopic (exact) mass is 1430 g/mol. The summed E-state index contributed by atoms with van der Waals surface area (Å²) >= 11 is 0. The Kier molecular flexibility index (Phi) is 17.3. The van der Waals surface area contributed by atoms with Gasteiger partial charge >= 0.3 is 0 Å². The zero-order valence-corrected chi connectivity index (χ0v) is 60.1. The first-order valence-electron chi connectivity index (χ1n) is 38.4. The van der Waals surface area contributed by atoms with E-state index in [4.69, 9.17) is 72.3 Å². The van der Waals surface area contributed by atoms with Crippen molar-refractivity contribution in [1.29, 1.82) is 0 Å². The number of hydrogen-bond donors (Lipinski definition) is 5. The Morgan fingerprint density at radius 1 is 0.443 bits per heavy atom. The molecule has 31 heteroatoms. The lowest BCUT2D eigenvalue weighted by Crippen LogP contribution is -2.48. The van der Waals surface area contributed by atoms with Gasteiger partial charge in [-0.05, 0) is 113 Å². The van der Waals surface area contributed by atoms with E-state index in [9.17, 15) is 4.79 Å². The highest BCUT2D eigenvalue weighted by Gasteiger charge is 2.58. The first kappa shape index (κ1) is 66.8. The van der Waals surface area contributed by atoms with Crippen molar-refractivity contribution in [2.24, 2.45) is 23.7 Å². The van der Waals surface area contributed by atoms with Gasteiger partial charge in [0.15, 0.2) is 0 Å². The Bertz CT molecular complexity index is 4510. The van der Waals surface area contributed by atoms with Crippen LogP contribution in [0.25, 0.3) is 45.0 Å². The molecule has 106 heavy (non-hydrogen) atoms. The van der Waals surface area contributed by atoms with Crippen LogP contribution in [-0.4, -0.2) is 229 Å². The Balaban J connectivity index is 0.0000000969. The van der Waals surface area contributed by atoms with Crippen molar-refractivity contribution in [2.45, 2.75) is 157 Å². The molecule has 1 amide bonds. The predicted octanol–water partition coefficient (Wildman–Crippen LogP) is 5.42. The number of nitrogens with two attached hydrogens (primary N) is 4. The molecule has 4 aliphatic carbocycles. The molecule has 550 valence electrons. The van der Waals surface area contributed by atoms with E-state index in [-0.39, 0.29) is 23.8 Å². The molecule has 8 aromatic heterocycles. The van der Waals surface area contributed by atoms with E-state index < -0.39 is 0 Å². The van der Waals surface area contributed by atoms with Crippen LogP contribution in [0.4, 0.5) is 53.3 Å². The number of carbonyl (C=O) groups is 1. The molecule has 15 aliphatic rings. The number of fused-ring (bicyclic) bond motifs is 8. The highest BCUT2D eigenvalue weighted by molar-refractivity contribution is 5.74. The molecule has 23 rings (SSSR count). The van der Waals surface area contributed by atoms with Crippen molar-refractivity contribution in [3.63, 3.8) is 0 Å². The minimum atomic E-state index is 0.173. The molecule has 8 bridgehead atoms. The molecule has 19 heterocycles. The molecule has 11 aliphatic heterocycles. The minimum absolute atomic E-state index is 0.173. The second-order valence-corrected chi connectivity index (χ2v) is 31.9. The minimum Gasteiger partial charge on any atom is -0.374 e. The summed E-state index contributed by atoms with van der Waals surface area (Å²) in [6, 6.07) is 11.9. The van der Waals surface area contributed by atoms with Crippen molar-refractivity contribution in [2.75, 3.05) is 133 Å². The van der Waals surface area contributed by atoms with Crippen molar-refractivity contribution < 1.29 is 14.3 Å². The fourth-order valence-electron chi connectivity index (χ4n) is 18.1. The van der Waals surface area contributed by atoms with Crippen molar-refractivity contribution >= 4 is 59.2 Å². The quantitative estimate of drug-likeness (QED) is 0.0961. The van der Waals surface area contributed by atoms with Gasteiger partial charge in [0.1, 0.15) is 17.5 Å². The number of hydrogen-bond acceptors (Lipinski definition) is 30. The van der Waals surface area contributed by atoms with Crippen LogP contribution in [0, 0.1) is 23.7 Å². The predicted molar refractivity (Wildman–Crippen MR) is 399 cm³/mol. The molecule has 0 aromatic carbocycles. The van der Waals surface area contributed by atoms with Gasteiger partial charge in [-0.25, -0.2) is 69.8 Å². The smallest absolute Gasteiger partial charge is 0.227 e. The number of aromatic nitrogens is 16. The van der Waals surface area contributed by atoms with Gasteiger partial charge in [-0.1, -0.05) is 6.92 Å². The van der Waals surface area contributed by atoms with Gasteiger partial charge in [0, 0.05) is 216 Å². The first-order valence-corrected chi connectivity index (χ1v) is 38.4. The van der Waals surface area contributed by atoms with Crippen LogP contribution in [0.3, 0.4) is 0 Å². The topological polar surface area (TPSA) is 381 Å². The largest absolute Gasteiger partial charge is 0.374 e. The molecule has 8 aromatic rings. The van der Waals surface area contributed by atoms with Gasteiger partial charge in [-0.3, -0.25) is 9.69 Å². The number of anilines is 9. The average molecular weight is 1430 g/mol. The molecule has 11 saturated heterocycles. The summed E-state index contributed by atoms with van der Waals surface area (Å²) < 4.78 is 11.5. The Morgan fingerprint density at radius 3 is 1.37 bits per heavy atom. The number of morpholine rings is 2. The lowest BCUT2D eigenvalue weighted by atomic mass is 9.86. The molecule has 0 spiro atoms. The fourth-order valence-corrected chi connectivity index (χ4v) is 18.1. The summed E-state index contributed by atoms with van der Waals surface area (Å²) in [7, 11) is 0. The lowest BCUT2D eigenvalue weighted by Gasteiger charge is -2.38. The van der Waals surface area contributed by atoms with Crippen LogP contribution >= 0.6 is 0 Å². The number of likely N-dealkylation sites (tertiary alicyclic amines) is 1. The zero-order chi connectivity index (χ0) is 71.4. The van der Waals surface area contributed by atoms with Crippen LogP contribution in [0.15, 0.2) is 73.8 Å². The third kappa shape index (κ3) is 13.8. The molecule has 0 radical (unpaired) electrons. The zero-order valence-electron chi connectivity index (χ0n) is 60.1. The van der Waals surface area contributed by atoms with Gasteiger partial charge in [-0.2, -0.15) is 9.97 Å². The molecule has 4 unspecified atom stereocenters. The summed E-state index contributed by atoms with van der Waals surface area (Å²) in [6.45, 7) is 16.2. The van der Waals surface area contributed by atoms with Crippen LogP contribution in [0.5, 0.6) is 0 Å². The number of nitrogens with one attached hydrogen (secondary N) is 1. The van der Waals surface area contributed by atoms with E-state index in [0.717, 1.165) is 209 Å².